The van der Waals surface area contributed by atoms with Crippen molar-refractivity contribution in [3.8, 4) is 39.6 Å². The highest BCUT2D eigenvalue weighted by molar-refractivity contribution is 6.09. The van der Waals surface area contributed by atoms with Crippen LogP contribution in [0.15, 0.2) is 164 Å². The summed E-state index contributed by atoms with van der Waals surface area (Å²) in [6.45, 7) is 18.4. The van der Waals surface area contributed by atoms with E-state index in [2.05, 4.69) is 226 Å². The zero-order valence-corrected chi connectivity index (χ0v) is 37.4. The summed E-state index contributed by atoms with van der Waals surface area (Å²) in [7, 11) is 0. The number of para-hydroxylation sites is 3. The Labute approximate surface area is 371 Å². The molecule has 1 aliphatic rings. The maximum atomic E-state index is 6.80. The molecule has 0 unspecified atom stereocenters. The summed E-state index contributed by atoms with van der Waals surface area (Å²) in [6.07, 6.45) is 2.04. The molecule has 63 heavy (non-hydrogen) atoms. The van der Waals surface area contributed by atoms with Gasteiger partial charge in [0.1, 0.15) is 24.0 Å². The van der Waals surface area contributed by atoms with E-state index >= 15 is 0 Å². The van der Waals surface area contributed by atoms with Crippen LogP contribution >= 0.6 is 0 Å². The van der Waals surface area contributed by atoms with Gasteiger partial charge in [-0.05, 0) is 114 Å². The topological polar surface area (TPSA) is 46.4 Å². The summed E-state index contributed by atoms with van der Waals surface area (Å²) in [5.41, 5.74) is 15.8. The van der Waals surface area contributed by atoms with Gasteiger partial charge in [-0.1, -0.05) is 120 Å². The molecule has 0 aliphatic carbocycles. The highest BCUT2D eigenvalue weighted by Crippen LogP contribution is 2.48. The minimum Gasteiger partial charge on any atom is -0.457 e. The number of benzene rings is 6. The van der Waals surface area contributed by atoms with Crippen molar-refractivity contribution in [1.82, 2.24) is 14.5 Å². The number of hydrogen-bond acceptors (Lipinski definition) is 5. The van der Waals surface area contributed by atoms with Crippen molar-refractivity contribution < 1.29 is 4.74 Å². The highest BCUT2D eigenvalue weighted by Gasteiger charge is 2.31. The Hall–Kier alpha value is -7.18. The maximum absolute atomic E-state index is 6.80. The summed E-state index contributed by atoms with van der Waals surface area (Å²) >= 11 is 0. The Bertz CT molecular complexity index is 3170. The molecule has 0 fully saturated rings. The number of pyridine rings is 2. The van der Waals surface area contributed by atoms with Gasteiger partial charge in [0.2, 0.25) is 0 Å². The second kappa shape index (κ2) is 15.3. The number of aryl methyl sites for hydroxylation is 2. The molecular weight excluding hydrogens is 771 g/mol. The van der Waals surface area contributed by atoms with Crippen LogP contribution in [-0.2, 0) is 10.8 Å². The van der Waals surface area contributed by atoms with Crippen LogP contribution in [0.2, 0.25) is 0 Å². The van der Waals surface area contributed by atoms with E-state index in [-0.39, 0.29) is 10.8 Å². The third kappa shape index (κ3) is 7.39. The van der Waals surface area contributed by atoms with Gasteiger partial charge in [-0.3, -0.25) is 9.55 Å². The van der Waals surface area contributed by atoms with E-state index in [4.69, 9.17) is 9.72 Å². The van der Waals surface area contributed by atoms with Crippen LogP contribution in [-0.4, -0.2) is 21.2 Å². The summed E-state index contributed by atoms with van der Waals surface area (Å²) < 4.78 is 9.08. The van der Waals surface area contributed by atoms with Crippen LogP contribution in [0.25, 0.3) is 49.9 Å². The lowest BCUT2D eigenvalue weighted by Crippen LogP contribution is -2.25. The predicted molar refractivity (Wildman–Crippen MR) is 263 cm³/mol. The molecule has 0 radical (unpaired) electrons. The molecule has 6 aromatic carbocycles. The van der Waals surface area contributed by atoms with Crippen LogP contribution in [0, 0.1) is 13.8 Å². The van der Waals surface area contributed by atoms with E-state index in [1.807, 2.05) is 12.3 Å². The monoisotopic (exact) mass is 823 g/mol. The number of rotatable bonds is 7. The van der Waals surface area contributed by atoms with Gasteiger partial charge in [0.05, 0.1) is 28.1 Å². The molecule has 1 aliphatic heterocycles. The number of fused-ring (bicyclic) bond motifs is 4. The fraction of sp³-hybridized carbons (Fsp3) is 0.193. The fourth-order valence-corrected chi connectivity index (χ4v) is 9.24. The van der Waals surface area contributed by atoms with Crippen LogP contribution in [0.5, 0.6) is 11.5 Å². The Morgan fingerprint density at radius 1 is 0.508 bits per heavy atom. The van der Waals surface area contributed by atoms with E-state index in [0.717, 1.165) is 67.6 Å². The molecule has 0 atom stereocenters. The lowest BCUT2D eigenvalue weighted by molar-refractivity contribution is 0.483. The van der Waals surface area contributed by atoms with Crippen LogP contribution in [0.1, 0.15) is 64.1 Å². The van der Waals surface area contributed by atoms with Crippen molar-refractivity contribution in [3.05, 3.63) is 186 Å². The summed E-state index contributed by atoms with van der Waals surface area (Å²) in [5, 5.41) is 2.32. The molecule has 0 saturated carbocycles. The normalized spacial score (nSPS) is 13.0. The van der Waals surface area contributed by atoms with Crippen LogP contribution in [0.4, 0.5) is 22.7 Å². The Balaban J connectivity index is 1.02. The minimum absolute atomic E-state index is 0.00143. The quantitative estimate of drug-likeness (QED) is 0.160. The van der Waals surface area contributed by atoms with Gasteiger partial charge in [0.15, 0.2) is 0 Å². The summed E-state index contributed by atoms with van der Waals surface area (Å²) in [5.74, 6) is 2.40. The van der Waals surface area contributed by atoms with Gasteiger partial charge in [-0.25, -0.2) is 4.98 Å². The SMILES string of the molecule is Cc1cc(-c2cnc(-n3c4ccccc4c4ccc(Oc5cccc(N6CN(c7cc(C(C)(C)C)ccc7-c7ccccc7)c7ccccc76)c5)cc43)cc2C(C)(C)C)cc(C)n1. The Morgan fingerprint density at radius 2 is 1.19 bits per heavy atom. The molecule has 312 valence electrons. The molecule has 6 nitrogen and oxygen atoms in total. The van der Waals surface area contributed by atoms with Gasteiger partial charge in [0, 0.05) is 57.3 Å². The van der Waals surface area contributed by atoms with Gasteiger partial charge in [-0.2, -0.15) is 0 Å². The van der Waals surface area contributed by atoms with E-state index in [1.54, 1.807) is 0 Å². The van der Waals surface area contributed by atoms with Gasteiger partial charge in [-0.15, -0.1) is 0 Å². The number of aromatic nitrogens is 3. The number of nitrogens with zero attached hydrogens (tertiary/aromatic N) is 5. The second-order valence-corrected chi connectivity index (χ2v) is 18.9. The number of anilines is 4. The smallest absolute Gasteiger partial charge is 0.137 e. The average Bonchev–Trinajstić information content (AvgIpc) is 3.81. The average molecular weight is 824 g/mol. The molecule has 6 heteroatoms. The molecule has 0 amide bonds. The third-order valence-electron chi connectivity index (χ3n) is 12.3. The highest BCUT2D eigenvalue weighted by atomic mass is 16.5. The maximum Gasteiger partial charge on any atom is 0.137 e. The van der Waals surface area contributed by atoms with Gasteiger partial charge in [0.25, 0.3) is 0 Å². The zero-order chi connectivity index (χ0) is 43.6. The van der Waals surface area contributed by atoms with E-state index in [0.29, 0.717) is 6.67 Å². The minimum atomic E-state index is -0.135. The number of hydrogen-bond donors (Lipinski definition) is 0. The molecule has 9 aromatic rings. The van der Waals surface area contributed by atoms with Crippen molar-refractivity contribution >= 4 is 44.6 Å². The molecule has 0 spiro atoms. The van der Waals surface area contributed by atoms with Gasteiger partial charge >= 0.3 is 0 Å². The fourth-order valence-electron chi connectivity index (χ4n) is 9.24. The largest absolute Gasteiger partial charge is 0.457 e. The van der Waals surface area contributed by atoms with Gasteiger partial charge < -0.3 is 14.5 Å². The van der Waals surface area contributed by atoms with E-state index in [9.17, 15) is 0 Å². The van der Waals surface area contributed by atoms with Crippen molar-refractivity contribution in [1.29, 1.82) is 0 Å². The lowest BCUT2D eigenvalue weighted by Gasteiger charge is -2.27. The molecule has 10 rings (SSSR count). The van der Waals surface area contributed by atoms with Crippen molar-refractivity contribution in [2.24, 2.45) is 0 Å². The first-order chi connectivity index (χ1) is 30.3. The summed E-state index contributed by atoms with van der Waals surface area (Å²) in [4.78, 5) is 14.7. The van der Waals surface area contributed by atoms with E-state index < -0.39 is 0 Å². The lowest BCUT2D eigenvalue weighted by atomic mass is 9.82. The third-order valence-corrected chi connectivity index (χ3v) is 12.3. The van der Waals surface area contributed by atoms with Crippen LogP contribution in [0.3, 0.4) is 0 Å². The Kier molecular flexibility index (Phi) is 9.71. The van der Waals surface area contributed by atoms with E-state index in [1.165, 1.54) is 39.0 Å². The molecule has 3 aromatic heterocycles. The first-order valence-corrected chi connectivity index (χ1v) is 21.9. The Morgan fingerprint density at radius 3 is 1.94 bits per heavy atom. The first kappa shape index (κ1) is 39.9. The molecule has 0 bridgehead atoms. The number of ether oxygens (including phenoxy) is 1. The second-order valence-electron chi connectivity index (χ2n) is 18.9. The standard InChI is InChI=1S/C57H53N5O/c1-37-29-40(30-38(2)59-37)48-35-58-55(34-49(48)57(6,7)8)62-50-22-13-12-21-46(50)47-28-26-44(33-54(47)62)63-43-20-16-19-42(32-43)60-36-61(52-24-15-14-23-51(52)60)53-31-41(56(3,4)5)25-27-45(53)39-17-10-9-11-18-39/h9-35H,36H2,1-8H3. The summed E-state index contributed by atoms with van der Waals surface area (Å²) in [6, 6.07) is 56.4. The molecule has 0 saturated heterocycles. The predicted octanol–water partition coefficient (Wildman–Crippen LogP) is 15.2. The first-order valence-electron chi connectivity index (χ1n) is 21.9. The van der Waals surface area contributed by atoms with Crippen molar-refractivity contribution in [2.45, 2.75) is 66.2 Å². The van der Waals surface area contributed by atoms with Crippen molar-refractivity contribution in [3.63, 3.8) is 0 Å². The molecule has 0 N–H and O–H groups in total. The molecular formula is C57H53N5O. The molecule has 4 heterocycles. The van der Waals surface area contributed by atoms with Crippen LogP contribution < -0.4 is 14.5 Å². The zero-order valence-electron chi connectivity index (χ0n) is 37.4. The van der Waals surface area contributed by atoms with Crippen molar-refractivity contribution in [2.75, 3.05) is 16.5 Å².